The molecule has 2 aromatic rings. The molecule has 0 radical (unpaired) electrons. The van der Waals surface area contributed by atoms with E-state index in [4.69, 9.17) is 17.3 Å². The summed E-state index contributed by atoms with van der Waals surface area (Å²) in [6.45, 7) is 0. The number of hydrogen-bond acceptors (Lipinski definition) is 5. The second kappa shape index (κ2) is 5.71. The lowest BCUT2D eigenvalue weighted by Gasteiger charge is -2.08. The molecule has 0 fully saturated rings. The number of halogens is 1. The van der Waals surface area contributed by atoms with Gasteiger partial charge in [0.25, 0.3) is 5.91 Å². The fraction of sp³-hybridized carbons (Fsp3) is 0.0769. The molecule has 1 aromatic carbocycles. The van der Waals surface area contributed by atoms with Crippen molar-refractivity contribution in [3.8, 4) is 0 Å². The van der Waals surface area contributed by atoms with E-state index in [9.17, 15) is 13.2 Å². The highest BCUT2D eigenvalue weighted by Crippen LogP contribution is 2.21. The third-order valence-corrected chi connectivity index (χ3v) is 4.01. The zero-order valence-corrected chi connectivity index (χ0v) is 12.6. The van der Waals surface area contributed by atoms with E-state index in [1.165, 1.54) is 24.4 Å². The molecule has 0 spiro atoms. The predicted molar refractivity (Wildman–Crippen MR) is 81.2 cm³/mol. The Hall–Kier alpha value is -2.12. The van der Waals surface area contributed by atoms with Crippen LogP contribution in [0.5, 0.6) is 0 Å². The molecule has 3 N–H and O–H groups in total. The van der Waals surface area contributed by atoms with Gasteiger partial charge in [0, 0.05) is 23.7 Å². The van der Waals surface area contributed by atoms with Gasteiger partial charge in [0.05, 0.1) is 9.92 Å². The maximum Gasteiger partial charge on any atom is 0.256 e. The number of hydrogen-bond donors (Lipinski definition) is 2. The minimum absolute atomic E-state index is 0.0280. The van der Waals surface area contributed by atoms with Crippen LogP contribution >= 0.6 is 11.6 Å². The van der Waals surface area contributed by atoms with Crippen molar-refractivity contribution >= 4 is 38.9 Å². The van der Waals surface area contributed by atoms with Gasteiger partial charge >= 0.3 is 0 Å². The summed E-state index contributed by atoms with van der Waals surface area (Å²) in [5.74, 6) is -0.361. The number of nitrogen functional groups attached to an aromatic ring is 1. The number of sulfone groups is 1. The van der Waals surface area contributed by atoms with Crippen LogP contribution < -0.4 is 11.1 Å². The van der Waals surface area contributed by atoms with E-state index in [0.29, 0.717) is 0 Å². The summed E-state index contributed by atoms with van der Waals surface area (Å²) in [5.41, 5.74) is 5.92. The van der Waals surface area contributed by atoms with E-state index in [2.05, 4.69) is 10.3 Å². The van der Waals surface area contributed by atoms with Crippen molar-refractivity contribution in [2.24, 2.45) is 0 Å². The van der Waals surface area contributed by atoms with Crippen molar-refractivity contribution in [1.82, 2.24) is 4.98 Å². The Morgan fingerprint density at radius 1 is 1.33 bits per heavy atom. The number of aromatic nitrogens is 1. The Morgan fingerprint density at radius 2 is 2.05 bits per heavy atom. The Labute approximate surface area is 126 Å². The zero-order valence-electron chi connectivity index (χ0n) is 11.0. The summed E-state index contributed by atoms with van der Waals surface area (Å²) in [6.07, 6.45) is 2.52. The lowest BCUT2D eigenvalue weighted by molar-refractivity contribution is 0.102. The monoisotopic (exact) mass is 325 g/mol. The van der Waals surface area contributed by atoms with Crippen molar-refractivity contribution in [1.29, 1.82) is 0 Å². The Balaban J connectivity index is 2.36. The van der Waals surface area contributed by atoms with Gasteiger partial charge in [-0.15, -0.1) is 0 Å². The molecule has 8 heteroatoms. The van der Waals surface area contributed by atoms with Crippen LogP contribution in [0.4, 0.5) is 11.5 Å². The normalized spacial score (nSPS) is 11.1. The smallest absolute Gasteiger partial charge is 0.256 e. The van der Waals surface area contributed by atoms with Gasteiger partial charge in [-0.2, -0.15) is 0 Å². The molecule has 1 amide bonds. The molecule has 0 unspecified atom stereocenters. The molecule has 0 aliphatic rings. The molecular formula is C13H12ClN3O3S. The highest BCUT2D eigenvalue weighted by atomic mass is 35.5. The first-order chi connectivity index (χ1) is 9.77. The third kappa shape index (κ3) is 3.71. The molecule has 0 aliphatic heterocycles. The molecule has 110 valence electrons. The van der Waals surface area contributed by atoms with Crippen LogP contribution in [0.15, 0.2) is 41.4 Å². The van der Waals surface area contributed by atoms with E-state index in [1.54, 1.807) is 12.1 Å². The minimum Gasteiger partial charge on any atom is -0.399 e. The number of nitrogens with one attached hydrogen (secondary N) is 1. The topological polar surface area (TPSA) is 102 Å². The highest BCUT2D eigenvalue weighted by Gasteiger charge is 2.14. The molecule has 1 aromatic heterocycles. The molecule has 0 atom stereocenters. The molecular weight excluding hydrogens is 314 g/mol. The molecule has 0 bridgehead atoms. The fourth-order valence-corrected chi connectivity index (χ4v) is 2.48. The summed E-state index contributed by atoms with van der Waals surface area (Å²) >= 11 is 5.89. The average Bonchev–Trinajstić information content (AvgIpc) is 2.39. The van der Waals surface area contributed by atoms with Gasteiger partial charge in [-0.25, -0.2) is 13.4 Å². The van der Waals surface area contributed by atoms with Gasteiger partial charge in [-0.05, 0) is 30.3 Å². The second-order valence-corrected chi connectivity index (χ2v) is 6.77. The second-order valence-electron chi connectivity index (χ2n) is 4.35. The summed E-state index contributed by atoms with van der Waals surface area (Å²) in [5, 5.41) is 2.78. The van der Waals surface area contributed by atoms with Crippen LogP contribution in [0.2, 0.25) is 5.02 Å². The SMILES string of the molecule is CS(=O)(=O)c1cc(N)cc(C(=O)Nc2ncccc2Cl)c1. The molecule has 1 heterocycles. The van der Waals surface area contributed by atoms with E-state index >= 15 is 0 Å². The predicted octanol–water partition coefficient (Wildman–Crippen LogP) is 1.97. The molecule has 21 heavy (non-hydrogen) atoms. The first-order valence-electron chi connectivity index (χ1n) is 5.80. The number of amides is 1. The Bertz CT molecular complexity index is 806. The van der Waals surface area contributed by atoms with Gasteiger partial charge in [0.2, 0.25) is 0 Å². The number of nitrogens with two attached hydrogens (primary N) is 1. The number of carbonyl (C=O) groups is 1. The van der Waals surface area contributed by atoms with Crippen molar-refractivity contribution in [2.75, 3.05) is 17.3 Å². The van der Waals surface area contributed by atoms with Crippen LogP contribution in [0.3, 0.4) is 0 Å². The van der Waals surface area contributed by atoms with Crippen molar-refractivity contribution in [3.63, 3.8) is 0 Å². The number of anilines is 2. The number of nitrogens with zero attached hydrogens (tertiary/aromatic N) is 1. The van der Waals surface area contributed by atoms with Crippen LogP contribution in [0.25, 0.3) is 0 Å². The highest BCUT2D eigenvalue weighted by molar-refractivity contribution is 7.90. The van der Waals surface area contributed by atoms with Gasteiger partial charge in [-0.1, -0.05) is 11.6 Å². The van der Waals surface area contributed by atoms with E-state index in [-0.39, 0.29) is 27.0 Å². The van der Waals surface area contributed by atoms with Crippen molar-refractivity contribution in [3.05, 3.63) is 47.1 Å². The molecule has 0 saturated heterocycles. The van der Waals surface area contributed by atoms with Crippen LogP contribution in [-0.2, 0) is 9.84 Å². The number of carbonyl (C=O) groups excluding carboxylic acids is 1. The summed E-state index contributed by atoms with van der Waals surface area (Å²) in [7, 11) is -3.46. The molecule has 2 rings (SSSR count). The fourth-order valence-electron chi connectivity index (χ4n) is 1.62. The minimum atomic E-state index is -3.46. The van der Waals surface area contributed by atoms with E-state index in [1.807, 2.05) is 0 Å². The third-order valence-electron chi connectivity index (χ3n) is 2.61. The largest absolute Gasteiger partial charge is 0.399 e. The van der Waals surface area contributed by atoms with Crippen LogP contribution in [-0.4, -0.2) is 25.6 Å². The average molecular weight is 326 g/mol. The van der Waals surface area contributed by atoms with Gasteiger partial charge in [-0.3, -0.25) is 4.79 Å². The van der Waals surface area contributed by atoms with E-state index < -0.39 is 15.7 Å². The maximum atomic E-state index is 12.1. The number of rotatable bonds is 3. The van der Waals surface area contributed by atoms with Gasteiger partial charge in [0.1, 0.15) is 0 Å². The zero-order chi connectivity index (χ0) is 15.6. The lowest BCUT2D eigenvalue weighted by Crippen LogP contribution is -2.14. The van der Waals surface area contributed by atoms with Crippen LogP contribution in [0, 0.1) is 0 Å². The Kier molecular flexibility index (Phi) is 4.15. The molecule has 0 saturated carbocycles. The number of pyridine rings is 1. The van der Waals surface area contributed by atoms with Crippen molar-refractivity contribution < 1.29 is 13.2 Å². The first kappa shape index (κ1) is 15.3. The van der Waals surface area contributed by atoms with Gasteiger partial charge in [0.15, 0.2) is 15.7 Å². The molecule has 0 aliphatic carbocycles. The maximum absolute atomic E-state index is 12.1. The Morgan fingerprint density at radius 3 is 2.67 bits per heavy atom. The van der Waals surface area contributed by atoms with Crippen LogP contribution in [0.1, 0.15) is 10.4 Å². The summed E-state index contributed by atoms with van der Waals surface area (Å²) in [6, 6.07) is 7.12. The molecule has 6 nitrogen and oxygen atoms in total. The first-order valence-corrected chi connectivity index (χ1v) is 8.07. The standard InChI is InChI=1S/C13H12ClN3O3S/c1-21(19,20)10-6-8(5-9(15)7-10)13(18)17-12-11(14)3-2-4-16-12/h2-7H,15H2,1H3,(H,16,17,18). The quantitative estimate of drug-likeness (QED) is 0.840. The lowest BCUT2D eigenvalue weighted by atomic mass is 10.2. The number of benzene rings is 1. The summed E-state index contributed by atoms with van der Waals surface area (Å²) in [4.78, 5) is 16.0. The van der Waals surface area contributed by atoms with Crippen molar-refractivity contribution in [2.45, 2.75) is 4.90 Å². The summed E-state index contributed by atoms with van der Waals surface area (Å²) < 4.78 is 23.1. The van der Waals surface area contributed by atoms with Gasteiger partial charge < -0.3 is 11.1 Å². The van der Waals surface area contributed by atoms with E-state index in [0.717, 1.165) is 6.26 Å².